The Morgan fingerprint density at radius 2 is 1.59 bits per heavy atom. The summed E-state index contributed by atoms with van der Waals surface area (Å²) in [6, 6.07) is 6.09. The molecule has 8 bridgehead atoms. The van der Waals surface area contributed by atoms with Crippen molar-refractivity contribution < 1.29 is 29.3 Å². The van der Waals surface area contributed by atoms with Gasteiger partial charge in [0.25, 0.3) is 0 Å². The van der Waals surface area contributed by atoms with Crippen LogP contribution in [0, 0.1) is 19.8 Å². The van der Waals surface area contributed by atoms with Crippen LogP contribution in [0.3, 0.4) is 0 Å². The van der Waals surface area contributed by atoms with Crippen LogP contribution in [0.1, 0.15) is 143 Å². The Bertz CT molecular complexity index is 2180. The summed E-state index contributed by atoms with van der Waals surface area (Å²) in [5.41, 5.74) is 8.49. The molecule has 6 rings (SSSR count). The number of carbonyl (C=O) groups is 2. The molecular weight excluding hydrogens is 644 g/mol. The highest BCUT2D eigenvalue weighted by atomic mass is 16.5. The van der Waals surface area contributed by atoms with Gasteiger partial charge in [0.2, 0.25) is 0 Å². The number of carbonyl (C=O) groups excluding carboxylic acids is 2. The van der Waals surface area contributed by atoms with Gasteiger partial charge in [-0.1, -0.05) is 41.0 Å². The maximum absolute atomic E-state index is 13.5. The molecule has 1 unspecified atom stereocenters. The number of hydrogen-bond acceptors (Lipinski definition) is 8. The zero-order chi connectivity index (χ0) is 36.9. The first kappa shape index (κ1) is 36.2. The fourth-order valence-electron chi connectivity index (χ4n) is 8.29. The van der Waals surface area contributed by atoms with Gasteiger partial charge in [0.1, 0.15) is 11.7 Å². The van der Waals surface area contributed by atoms with Crippen LogP contribution < -0.4 is 10.4 Å². The lowest BCUT2D eigenvalue weighted by molar-refractivity contribution is -0.144. The van der Waals surface area contributed by atoms with Gasteiger partial charge in [0, 0.05) is 74.2 Å². The van der Waals surface area contributed by atoms with Gasteiger partial charge in [0.15, 0.2) is 0 Å². The van der Waals surface area contributed by atoms with E-state index in [1.807, 2.05) is 26.0 Å². The predicted molar refractivity (Wildman–Crippen MR) is 199 cm³/mol. The minimum atomic E-state index is -1.07. The SMILES string of the molecule is CCC(C)CCOC(=O)CC[C@@H]1c2nc(cc3[nH]c(cc4nc(cc5[nH]c6c2[C@@H](C(=O)OC)C(O)=c6c5C)[C@H](CC)[C@H]4C)/c(=C(\C)O)c3C)[C@H]1C. The number of fused-ring (bicyclic) bond motifs is 8. The Kier molecular flexibility index (Phi) is 10.1. The van der Waals surface area contributed by atoms with E-state index in [4.69, 9.17) is 19.4 Å². The number of aryl methyl sites for hydroxylation is 2. The van der Waals surface area contributed by atoms with Gasteiger partial charge < -0.3 is 29.7 Å². The van der Waals surface area contributed by atoms with Crippen molar-refractivity contribution in [3.63, 3.8) is 0 Å². The maximum Gasteiger partial charge on any atom is 0.321 e. The van der Waals surface area contributed by atoms with Gasteiger partial charge in [-0.25, -0.2) is 0 Å². The summed E-state index contributed by atoms with van der Waals surface area (Å²) in [4.78, 5) is 44.0. The molecule has 1 aliphatic carbocycles. The van der Waals surface area contributed by atoms with Gasteiger partial charge >= 0.3 is 11.9 Å². The zero-order valence-corrected chi connectivity index (χ0v) is 31.4. The molecule has 10 heteroatoms. The summed E-state index contributed by atoms with van der Waals surface area (Å²) in [5.74, 6) is -1.45. The largest absolute Gasteiger partial charge is 0.512 e. The topological polar surface area (TPSA) is 150 Å². The number of rotatable bonds is 9. The lowest BCUT2D eigenvalue weighted by atomic mass is 9.84. The summed E-state index contributed by atoms with van der Waals surface area (Å²) in [5, 5.41) is 24.0. The van der Waals surface area contributed by atoms with Crippen molar-refractivity contribution in [1.82, 2.24) is 19.9 Å². The van der Waals surface area contributed by atoms with Crippen molar-refractivity contribution in [3.05, 3.63) is 68.1 Å². The van der Waals surface area contributed by atoms with Crippen molar-refractivity contribution in [1.29, 1.82) is 0 Å². The number of methoxy groups -OCH3 is 1. The molecule has 51 heavy (non-hydrogen) atoms. The van der Waals surface area contributed by atoms with E-state index in [0.29, 0.717) is 40.9 Å². The van der Waals surface area contributed by atoms with Crippen molar-refractivity contribution >= 4 is 45.5 Å². The van der Waals surface area contributed by atoms with Crippen LogP contribution in [0.15, 0.2) is 18.2 Å². The number of esters is 2. The second-order valence-corrected chi connectivity index (χ2v) is 14.8. The van der Waals surface area contributed by atoms with Crippen LogP contribution in [0.4, 0.5) is 0 Å². The highest BCUT2D eigenvalue weighted by molar-refractivity contribution is 5.96. The van der Waals surface area contributed by atoms with Crippen molar-refractivity contribution in [2.24, 2.45) is 5.92 Å². The number of aliphatic hydroxyl groups excluding tert-OH is 2. The third-order valence-corrected chi connectivity index (χ3v) is 11.7. The maximum atomic E-state index is 13.5. The van der Waals surface area contributed by atoms with Crippen LogP contribution in [-0.2, 0) is 19.1 Å². The number of ether oxygens (including phenoxy) is 2. The highest BCUT2D eigenvalue weighted by Crippen LogP contribution is 2.46. The molecule has 4 N–H and O–H groups in total. The highest BCUT2D eigenvalue weighted by Gasteiger charge is 2.41. The molecular formula is C41H52N4O6. The normalized spacial score (nSPS) is 22.2. The number of aromatic nitrogens is 4. The zero-order valence-electron chi connectivity index (χ0n) is 31.4. The Hall–Kier alpha value is -4.60. The molecule has 10 nitrogen and oxygen atoms in total. The van der Waals surface area contributed by atoms with Gasteiger partial charge in [-0.2, -0.15) is 0 Å². The second-order valence-electron chi connectivity index (χ2n) is 14.8. The molecule has 0 radical (unpaired) electrons. The number of aliphatic hydroxyl groups is 2. The van der Waals surface area contributed by atoms with Crippen LogP contribution in [0.5, 0.6) is 0 Å². The molecule has 3 aliphatic rings. The predicted octanol–water partition coefficient (Wildman–Crippen LogP) is 7.50. The lowest BCUT2D eigenvalue weighted by Gasteiger charge is -2.19. The van der Waals surface area contributed by atoms with Gasteiger partial charge in [-0.3, -0.25) is 19.6 Å². The van der Waals surface area contributed by atoms with Crippen LogP contribution in [0.2, 0.25) is 0 Å². The Labute approximate surface area is 299 Å². The van der Waals surface area contributed by atoms with E-state index in [1.165, 1.54) is 7.11 Å². The molecule has 272 valence electrons. The summed E-state index contributed by atoms with van der Waals surface area (Å²) in [6.45, 7) is 16.7. The second kappa shape index (κ2) is 14.2. The third-order valence-electron chi connectivity index (χ3n) is 11.7. The summed E-state index contributed by atoms with van der Waals surface area (Å²) in [7, 11) is 1.32. The number of H-pyrrole nitrogens is 2. The average Bonchev–Trinajstić information content (AvgIpc) is 3.84. The quantitative estimate of drug-likeness (QED) is 0.168. The first-order valence-corrected chi connectivity index (χ1v) is 18.4. The van der Waals surface area contributed by atoms with Crippen LogP contribution >= 0.6 is 0 Å². The Morgan fingerprint density at radius 3 is 2.25 bits per heavy atom. The van der Waals surface area contributed by atoms with E-state index in [1.54, 1.807) is 6.92 Å². The molecule has 2 aliphatic heterocycles. The van der Waals surface area contributed by atoms with E-state index in [9.17, 15) is 19.8 Å². The fraction of sp³-hybridized carbons (Fsp3) is 0.512. The van der Waals surface area contributed by atoms with Gasteiger partial charge in [-0.05, 0) is 75.3 Å². The van der Waals surface area contributed by atoms with E-state index >= 15 is 0 Å². The molecule has 0 amide bonds. The summed E-state index contributed by atoms with van der Waals surface area (Å²) in [6.07, 6.45) is 3.34. The first-order chi connectivity index (χ1) is 24.3. The lowest BCUT2D eigenvalue weighted by Crippen LogP contribution is -2.18. The number of nitrogens with one attached hydrogen (secondary N) is 2. The van der Waals surface area contributed by atoms with Gasteiger partial charge in [-0.15, -0.1) is 0 Å². The monoisotopic (exact) mass is 696 g/mol. The molecule has 0 spiro atoms. The van der Waals surface area contributed by atoms with Crippen molar-refractivity contribution in [2.75, 3.05) is 13.7 Å². The molecule has 0 aromatic carbocycles. The van der Waals surface area contributed by atoms with Gasteiger partial charge in [0.05, 0.1) is 36.2 Å². The van der Waals surface area contributed by atoms with Crippen LogP contribution in [-0.4, -0.2) is 55.8 Å². The minimum absolute atomic E-state index is 0.0739. The van der Waals surface area contributed by atoms with Crippen molar-refractivity contribution in [2.45, 2.75) is 117 Å². The molecule has 3 aromatic rings. The average molecular weight is 697 g/mol. The molecule has 6 atom stereocenters. The molecule has 0 fully saturated rings. The summed E-state index contributed by atoms with van der Waals surface area (Å²) < 4.78 is 10.9. The molecule has 5 heterocycles. The number of aromatic amines is 2. The third kappa shape index (κ3) is 6.31. The minimum Gasteiger partial charge on any atom is -0.512 e. The van der Waals surface area contributed by atoms with Crippen LogP contribution in [0.25, 0.3) is 33.6 Å². The van der Waals surface area contributed by atoms with E-state index in [2.05, 4.69) is 50.7 Å². The number of hydrogen-bond donors (Lipinski definition) is 4. The first-order valence-electron chi connectivity index (χ1n) is 18.4. The molecule has 0 saturated carbocycles. The smallest absolute Gasteiger partial charge is 0.321 e. The standard InChI is InChI=1S/C41H52N4O6/c1-10-19(3)14-15-51-33(47)13-12-26-21(5)28-16-29-22(6)34(24(8)46)32(43-29)18-27-20(4)25(11-2)31(42-27)17-30-23(7)35-39(45-30)36(38(26)44-28)37(40(35)48)41(49)50-9/h16-21,25-26,37,43,45-46,48H,10-15H2,1-9H3/b28-16?,31-17?,32-18?,34-24+/t19?,20-,21+,25-,26+,37-/m1/s1. The van der Waals surface area contributed by atoms with E-state index < -0.39 is 11.9 Å². The molecule has 3 aromatic heterocycles. The number of nitrogens with zero attached hydrogens (tertiary/aromatic N) is 2. The Balaban J connectivity index is 1.65. The summed E-state index contributed by atoms with van der Waals surface area (Å²) >= 11 is 0. The molecule has 0 saturated heterocycles. The fourth-order valence-corrected chi connectivity index (χ4v) is 8.29. The van der Waals surface area contributed by atoms with E-state index in [0.717, 1.165) is 69.2 Å². The Morgan fingerprint density at radius 1 is 0.941 bits per heavy atom. The van der Waals surface area contributed by atoms with E-state index in [-0.39, 0.29) is 47.6 Å². The van der Waals surface area contributed by atoms with Crippen molar-refractivity contribution in [3.8, 4) is 0 Å².